The van der Waals surface area contributed by atoms with Crippen LogP contribution in [-0.4, -0.2) is 43.8 Å². The molecule has 62 valence electrons. The highest BCUT2D eigenvalue weighted by molar-refractivity contribution is 7.89. The summed E-state index contributed by atoms with van der Waals surface area (Å²) in [5.41, 5.74) is 0. The van der Waals surface area contributed by atoms with Crippen LogP contribution in [0.3, 0.4) is 0 Å². The van der Waals surface area contributed by atoms with Crippen LogP contribution in [-0.2, 0) is 10.0 Å². The van der Waals surface area contributed by atoms with E-state index in [-0.39, 0.29) is 5.75 Å². The van der Waals surface area contributed by atoms with Gasteiger partial charge in [-0.05, 0) is 6.92 Å². The van der Waals surface area contributed by atoms with E-state index in [4.69, 9.17) is 5.11 Å². The molecule has 0 aliphatic heterocycles. The van der Waals surface area contributed by atoms with Gasteiger partial charge >= 0.3 is 0 Å². The van der Waals surface area contributed by atoms with Gasteiger partial charge in [-0.1, -0.05) is 0 Å². The van der Waals surface area contributed by atoms with Crippen molar-refractivity contribution in [2.75, 3.05) is 19.8 Å². The van der Waals surface area contributed by atoms with Crippen molar-refractivity contribution in [3.05, 3.63) is 0 Å². The number of hydrogen-bond donors (Lipinski definition) is 1. The lowest BCUT2D eigenvalue weighted by molar-refractivity contribution is 0.216. The van der Waals surface area contributed by atoms with Gasteiger partial charge in [-0.15, -0.1) is 0 Å². The van der Waals surface area contributed by atoms with Crippen molar-refractivity contribution < 1.29 is 13.5 Å². The molecule has 0 fully saturated rings. The van der Waals surface area contributed by atoms with Crippen molar-refractivity contribution >= 4 is 10.0 Å². The van der Waals surface area contributed by atoms with E-state index in [2.05, 4.69) is 0 Å². The molecule has 0 bridgehead atoms. The summed E-state index contributed by atoms with van der Waals surface area (Å²) in [6.07, 6.45) is -0.799. The molecule has 0 aliphatic carbocycles. The highest BCUT2D eigenvalue weighted by Gasteiger charge is 2.15. The molecule has 0 amide bonds. The molecule has 0 saturated heterocycles. The normalized spacial score (nSPS) is 15.7. The van der Waals surface area contributed by atoms with E-state index in [9.17, 15) is 8.42 Å². The molecular weight excluding hydrogens is 154 g/mol. The first-order valence-electron chi connectivity index (χ1n) is 2.94. The third-order valence-electron chi connectivity index (χ3n) is 1.01. The number of nitrogens with zero attached hydrogens (tertiary/aromatic N) is 1. The quantitative estimate of drug-likeness (QED) is 0.602. The summed E-state index contributed by atoms with van der Waals surface area (Å²) in [5.74, 6) is -0.208. The molecule has 0 saturated carbocycles. The zero-order chi connectivity index (χ0) is 8.36. The van der Waals surface area contributed by atoms with E-state index in [1.807, 2.05) is 0 Å². The van der Waals surface area contributed by atoms with Crippen molar-refractivity contribution in [3.8, 4) is 0 Å². The van der Waals surface area contributed by atoms with Crippen molar-refractivity contribution in [1.82, 2.24) is 4.31 Å². The minimum Gasteiger partial charge on any atom is -0.392 e. The Morgan fingerprint density at radius 2 is 1.90 bits per heavy atom. The zero-order valence-corrected chi connectivity index (χ0v) is 7.22. The maximum absolute atomic E-state index is 10.9. The number of aliphatic hydroxyl groups excluding tert-OH is 1. The number of hydrogen-bond acceptors (Lipinski definition) is 3. The van der Waals surface area contributed by atoms with Crippen LogP contribution in [0.1, 0.15) is 6.92 Å². The van der Waals surface area contributed by atoms with Crippen LogP contribution in [0.15, 0.2) is 0 Å². The Hall–Kier alpha value is -0.130. The van der Waals surface area contributed by atoms with E-state index in [0.29, 0.717) is 0 Å². The Kier molecular flexibility index (Phi) is 3.27. The molecule has 0 heterocycles. The lowest BCUT2D eigenvalue weighted by atomic mass is 10.5. The molecule has 0 aliphatic rings. The first-order chi connectivity index (χ1) is 4.36. The lowest BCUT2D eigenvalue weighted by Gasteiger charge is -2.11. The molecule has 0 aromatic heterocycles. The second-order valence-corrected chi connectivity index (χ2v) is 4.64. The fourth-order valence-electron chi connectivity index (χ4n) is 0.454. The highest BCUT2D eigenvalue weighted by Crippen LogP contribution is 1.96. The van der Waals surface area contributed by atoms with Crippen LogP contribution in [0.2, 0.25) is 0 Å². The summed E-state index contributed by atoms with van der Waals surface area (Å²) < 4.78 is 22.9. The minimum absolute atomic E-state index is 0.208. The average molecular weight is 167 g/mol. The van der Waals surface area contributed by atoms with Gasteiger partial charge in [-0.2, -0.15) is 0 Å². The van der Waals surface area contributed by atoms with Crippen LogP contribution in [0, 0.1) is 0 Å². The molecule has 1 N–H and O–H groups in total. The molecule has 0 spiro atoms. The lowest BCUT2D eigenvalue weighted by Crippen LogP contribution is -2.29. The molecule has 4 nitrogen and oxygen atoms in total. The molecule has 1 atom stereocenters. The monoisotopic (exact) mass is 167 g/mol. The smallest absolute Gasteiger partial charge is 0.216 e. The summed E-state index contributed by atoms with van der Waals surface area (Å²) in [5, 5.41) is 8.73. The van der Waals surface area contributed by atoms with Gasteiger partial charge in [0.25, 0.3) is 0 Å². The summed E-state index contributed by atoms with van der Waals surface area (Å²) >= 11 is 0. The first kappa shape index (κ1) is 9.87. The molecule has 0 unspecified atom stereocenters. The van der Waals surface area contributed by atoms with Gasteiger partial charge in [0.1, 0.15) is 0 Å². The Balaban J connectivity index is 4.16. The molecule has 0 aromatic rings. The number of rotatable bonds is 3. The zero-order valence-electron chi connectivity index (χ0n) is 6.40. The van der Waals surface area contributed by atoms with Crippen molar-refractivity contribution in [2.24, 2.45) is 0 Å². The molecule has 0 aromatic carbocycles. The largest absolute Gasteiger partial charge is 0.392 e. The van der Waals surface area contributed by atoms with Gasteiger partial charge in [0.05, 0.1) is 11.9 Å². The van der Waals surface area contributed by atoms with Crippen molar-refractivity contribution in [1.29, 1.82) is 0 Å². The van der Waals surface area contributed by atoms with Gasteiger partial charge in [0.2, 0.25) is 10.0 Å². The second kappa shape index (κ2) is 3.32. The Morgan fingerprint density at radius 1 is 1.50 bits per heavy atom. The number of aliphatic hydroxyl groups is 1. The molecule has 0 radical (unpaired) electrons. The van der Waals surface area contributed by atoms with Gasteiger partial charge < -0.3 is 5.11 Å². The van der Waals surface area contributed by atoms with E-state index >= 15 is 0 Å². The fraction of sp³-hybridized carbons (Fsp3) is 1.00. The fourth-order valence-corrected chi connectivity index (χ4v) is 1.36. The summed E-state index contributed by atoms with van der Waals surface area (Å²) in [6, 6.07) is 0. The third kappa shape index (κ3) is 3.14. The van der Waals surface area contributed by atoms with Gasteiger partial charge in [-0.3, -0.25) is 0 Å². The SMILES string of the molecule is C[C@H](O)CS(=O)(=O)N(C)C. The molecular formula is C5H13NO3S. The van der Waals surface area contributed by atoms with Gasteiger partial charge in [0.15, 0.2) is 0 Å². The maximum atomic E-state index is 10.9. The predicted octanol–water partition coefficient (Wildman–Crippen LogP) is -0.741. The predicted molar refractivity (Wildman–Crippen MR) is 39.2 cm³/mol. The maximum Gasteiger partial charge on any atom is 0.216 e. The first-order valence-corrected chi connectivity index (χ1v) is 4.55. The minimum atomic E-state index is -3.21. The Bertz CT molecular complexity index is 183. The summed E-state index contributed by atoms with van der Waals surface area (Å²) in [7, 11) is -0.330. The molecule has 0 rings (SSSR count). The van der Waals surface area contributed by atoms with E-state index < -0.39 is 16.1 Å². The van der Waals surface area contributed by atoms with Crippen LogP contribution in [0.5, 0.6) is 0 Å². The highest BCUT2D eigenvalue weighted by atomic mass is 32.2. The summed E-state index contributed by atoms with van der Waals surface area (Å²) in [4.78, 5) is 0. The van der Waals surface area contributed by atoms with Gasteiger partial charge in [0, 0.05) is 14.1 Å². The van der Waals surface area contributed by atoms with E-state index in [0.717, 1.165) is 4.31 Å². The van der Waals surface area contributed by atoms with Crippen LogP contribution in [0.25, 0.3) is 0 Å². The second-order valence-electron chi connectivity index (χ2n) is 2.41. The van der Waals surface area contributed by atoms with Gasteiger partial charge in [-0.25, -0.2) is 12.7 Å². The van der Waals surface area contributed by atoms with Crippen molar-refractivity contribution in [3.63, 3.8) is 0 Å². The van der Waals surface area contributed by atoms with Crippen LogP contribution in [0.4, 0.5) is 0 Å². The Labute approximate surface area is 61.5 Å². The molecule has 10 heavy (non-hydrogen) atoms. The van der Waals surface area contributed by atoms with Crippen molar-refractivity contribution in [2.45, 2.75) is 13.0 Å². The summed E-state index contributed by atoms with van der Waals surface area (Å²) in [6.45, 7) is 1.45. The standard InChI is InChI=1S/C5H13NO3S/c1-5(7)4-10(8,9)6(2)3/h5,7H,4H2,1-3H3/t5-/m0/s1. The van der Waals surface area contributed by atoms with Crippen LogP contribution < -0.4 is 0 Å². The average Bonchev–Trinajstić information content (AvgIpc) is 1.60. The van der Waals surface area contributed by atoms with Crippen LogP contribution >= 0.6 is 0 Å². The number of sulfonamides is 1. The van der Waals surface area contributed by atoms with E-state index in [1.165, 1.54) is 21.0 Å². The topological polar surface area (TPSA) is 57.6 Å². The molecule has 5 heteroatoms. The third-order valence-corrected chi connectivity index (χ3v) is 3.02. The van der Waals surface area contributed by atoms with E-state index in [1.54, 1.807) is 0 Å². The Morgan fingerprint density at radius 3 is 2.00 bits per heavy atom.